The number of carbonyl (C=O) groups excluding carboxylic acids is 1. The number of hydrogen-bond donors (Lipinski definition) is 2. The second-order valence-corrected chi connectivity index (χ2v) is 4.52. The molecular formula is C14H12ClNO3. The van der Waals surface area contributed by atoms with Crippen molar-refractivity contribution >= 4 is 17.5 Å². The van der Waals surface area contributed by atoms with Gasteiger partial charge in [-0.05, 0) is 36.8 Å². The van der Waals surface area contributed by atoms with Gasteiger partial charge in [0.2, 0.25) is 5.91 Å². The highest BCUT2D eigenvalue weighted by Gasteiger charge is 2.08. The van der Waals surface area contributed by atoms with Crippen LogP contribution in [0.25, 0.3) is 0 Å². The first kappa shape index (κ1) is 13.2. The van der Waals surface area contributed by atoms with Gasteiger partial charge in [-0.25, -0.2) is 0 Å². The van der Waals surface area contributed by atoms with Crippen molar-refractivity contribution in [2.24, 2.45) is 5.73 Å². The average molecular weight is 278 g/mol. The number of ether oxygens (including phenoxy) is 1. The Labute approximate surface area is 115 Å². The maximum absolute atomic E-state index is 11.0. The Morgan fingerprint density at radius 1 is 1.21 bits per heavy atom. The number of benzene rings is 2. The molecular weight excluding hydrogens is 266 g/mol. The second-order valence-electron chi connectivity index (χ2n) is 4.11. The van der Waals surface area contributed by atoms with E-state index in [4.69, 9.17) is 22.1 Å². The molecule has 0 unspecified atom stereocenters. The minimum absolute atomic E-state index is 0.120. The lowest BCUT2D eigenvalue weighted by atomic mass is 10.2. The molecule has 0 fully saturated rings. The Morgan fingerprint density at radius 2 is 1.95 bits per heavy atom. The Morgan fingerprint density at radius 3 is 2.53 bits per heavy atom. The van der Waals surface area contributed by atoms with Crippen LogP contribution in [0, 0.1) is 6.92 Å². The van der Waals surface area contributed by atoms with Gasteiger partial charge in [0.25, 0.3) is 0 Å². The fourth-order valence-electron chi connectivity index (χ4n) is 1.68. The summed E-state index contributed by atoms with van der Waals surface area (Å²) in [5.74, 6) is 0.472. The third kappa shape index (κ3) is 3.17. The fourth-order valence-corrected chi connectivity index (χ4v) is 1.95. The van der Waals surface area contributed by atoms with Gasteiger partial charge in [0, 0.05) is 12.1 Å². The van der Waals surface area contributed by atoms with Gasteiger partial charge in [-0.2, -0.15) is 0 Å². The monoisotopic (exact) mass is 277 g/mol. The van der Waals surface area contributed by atoms with Crippen molar-refractivity contribution < 1.29 is 14.6 Å². The molecule has 0 saturated heterocycles. The van der Waals surface area contributed by atoms with E-state index in [0.29, 0.717) is 11.5 Å². The Kier molecular flexibility index (Phi) is 3.62. The lowest BCUT2D eigenvalue weighted by Gasteiger charge is -2.08. The van der Waals surface area contributed by atoms with E-state index in [1.165, 1.54) is 18.2 Å². The number of phenols is 1. The minimum Gasteiger partial charge on any atom is -0.508 e. The van der Waals surface area contributed by atoms with Gasteiger partial charge >= 0.3 is 0 Å². The molecule has 0 spiro atoms. The third-order valence-corrected chi connectivity index (χ3v) is 2.79. The molecule has 0 aliphatic heterocycles. The molecule has 1 amide bonds. The van der Waals surface area contributed by atoms with Crippen molar-refractivity contribution in [1.29, 1.82) is 0 Å². The zero-order valence-corrected chi connectivity index (χ0v) is 10.9. The van der Waals surface area contributed by atoms with Crippen molar-refractivity contribution in [2.45, 2.75) is 6.92 Å². The number of carbonyl (C=O) groups is 1. The van der Waals surface area contributed by atoms with E-state index in [9.17, 15) is 9.90 Å². The number of aromatic hydroxyl groups is 1. The van der Waals surface area contributed by atoms with Crippen LogP contribution in [0.5, 0.6) is 17.2 Å². The first-order valence-electron chi connectivity index (χ1n) is 5.53. The first-order valence-corrected chi connectivity index (χ1v) is 5.91. The molecule has 2 aromatic carbocycles. The summed E-state index contributed by atoms with van der Waals surface area (Å²) in [5, 5.41) is 9.70. The number of halogens is 1. The highest BCUT2D eigenvalue weighted by Crippen LogP contribution is 2.29. The number of hydrogen-bond acceptors (Lipinski definition) is 3. The lowest BCUT2D eigenvalue weighted by molar-refractivity contribution is 0.100. The van der Waals surface area contributed by atoms with Gasteiger partial charge in [-0.3, -0.25) is 4.79 Å². The zero-order valence-electron chi connectivity index (χ0n) is 10.2. The van der Waals surface area contributed by atoms with Gasteiger partial charge in [0.15, 0.2) is 0 Å². The van der Waals surface area contributed by atoms with Crippen LogP contribution in [0.3, 0.4) is 0 Å². The van der Waals surface area contributed by atoms with Crippen molar-refractivity contribution in [1.82, 2.24) is 0 Å². The van der Waals surface area contributed by atoms with E-state index in [-0.39, 0.29) is 16.3 Å². The van der Waals surface area contributed by atoms with Crippen LogP contribution in [-0.2, 0) is 0 Å². The maximum atomic E-state index is 11.0. The van der Waals surface area contributed by atoms with Crippen LogP contribution in [0.2, 0.25) is 5.02 Å². The van der Waals surface area contributed by atoms with Gasteiger partial charge in [-0.15, -0.1) is 0 Å². The summed E-state index contributed by atoms with van der Waals surface area (Å²) in [6, 6.07) is 9.47. The molecule has 0 aliphatic carbocycles. The molecule has 0 aliphatic rings. The fraction of sp³-hybridized carbons (Fsp3) is 0.0714. The summed E-state index contributed by atoms with van der Waals surface area (Å²) < 4.78 is 5.56. The number of phenolic OH excluding ortho intramolecular Hbond substituents is 1. The SMILES string of the molecule is Cc1cc(O)cc(Oc2ccc(C(N)=O)c(Cl)c2)c1. The number of aryl methyl sites for hydroxylation is 1. The van der Waals surface area contributed by atoms with E-state index in [0.717, 1.165) is 5.56 Å². The van der Waals surface area contributed by atoms with Crippen molar-refractivity contribution in [3.8, 4) is 17.2 Å². The molecule has 0 radical (unpaired) electrons. The van der Waals surface area contributed by atoms with Crippen LogP contribution >= 0.6 is 11.6 Å². The molecule has 5 heteroatoms. The number of rotatable bonds is 3. The number of nitrogens with two attached hydrogens (primary N) is 1. The predicted molar refractivity (Wildman–Crippen MR) is 72.9 cm³/mol. The van der Waals surface area contributed by atoms with E-state index in [1.807, 2.05) is 6.92 Å². The topological polar surface area (TPSA) is 72.6 Å². The highest BCUT2D eigenvalue weighted by atomic mass is 35.5. The van der Waals surface area contributed by atoms with Crippen LogP contribution in [-0.4, -0.2) is 11.0 Å². The van der Waals surface area contributed by atoms with Crippen LogP contribution < -0.4 is 10.5 Å². The summed E-state index contributed by atoms with van der Waals surface area (Å²) in [4.78, 5) is 11.0. The largest absolute Gasteiger partial charge is 0.508 e. The van der Waals surface area contributed by atoms with Crippen LogP contribution in [0.1, 0.15) is 15.9 Å². The standard InChI is InChI=1S/C14H12ClNO3/c1-8-4-9(17)6-11(5-8)19-10-2-3-12(14(16)18)13(15)7-10/h2-7,17H,1H3,(H2,16,18). The molecule has 0 atom stereocenters. The summed E-state index contributed by atoms with van der Waals surface area (Å²) in [6.45, 7) is 1.84. The summed E-state index contributed by atoms with van der Waals surface area (Å²) in [6.07, 6.45) is 0. The molecule has 2 rings (SSSR count). The van der Waals surface area contributed by atoms with E-state index < -0.39 is 5.91 Å². The Hall–Kier alpha value is -2.20. The van der Waals surface area contributed by atoms with Crippen LogP contribution in [0.15, 0.2) is 36.4 Å². The average Bonchev–Trinajstić information content (AvgIpc) is 2.26. The van der Waals surface area contributed by atoms with Gasteiger partial charge < -0.3 is 15.6 Å². The quantitative estimate of drug-likeness (QED) is 0.904. The van der Waals surface area contributed by atoms with E-state index >= 15 is 0 Å². The highest BCUT2D eigenvalue weighted by molar-refractivity contribution is 6.33. The maximum Gasteiger partial charge on any atom is 0.250 e. The number of primary amides is 1. The normalized spacial score (nSPS) is 10.2. The summed E-state index contributed by atoms with van der Waals surface area (Å²) in [5.41, 5.74) is 6.27. The second kappa shape index (κ2) is 5.20. The Bertz CT molecular complexity index is 620. The molecule has 19 heavy (non-hydrogen) atoms. The molecule has 0 aromatic heterocycles. The summed E-state index contributed by atoms with van der Waals surface area (Å²) in [7, 11) is 0. The molecule has 0 saturated carbocycles. The molecule has 3 N–H and O–H groups in total. The van der Waals surface area contributed by atoms with E-state index in [1.54, 1.807) is 18.2 Å². The minimum atomic E-state index is -0.593. The number of amides is 1. The van der Waals surface area contributed by atoms with Gasteiger partial charge in [-0.1, -0.05) is 11.6 Å². The van der Waals surface area contributed by atoms with E-state index in [2.05, 4.69) is 0 Å². The van der Waals surface area contributed by atoms with Crippen molar-refractivity contribution in [3.63, 3.8) is 0 Å². The van der Waals surface area contributed by atoms with Crippen molar-refractivity contribution in [3.05, 3.63) is 52.5 Å². The van der Waals surface area contributed by atoms with Gasteiger partial charge in [0.1, 0.15) is 17.2 Å². The van der Waals surface area contributed by atoms with Crippen LogP contribution in [0.4, 0.5) is 0 Å². The molecule has 0 heterocycles. The zero-order chi connectivity index (χ0) is 14.0. The first-order chi connectivity index (χ1) is 8.95. The predicted octanol–water partition coefficient (Wildman–Crippen LogP) is 3.25. The van der Waals surface area contributed by atoms with Crippen molar-refractivity contribution in [2.75, 3.05) is 0 Å². The smallest absolute Gasteiger partial charge is 0.250 e. The Balaban J connectivity index is 2.28. The molecule has 2 aromatic rings. The molecule has 98 valence electrons. The van der Waals surface area contributed by atoms with Gasteiger partial charge in [0.05, 0.1) is 10.6 Å². The summed E-state index contributed by atoms with van der Waals surface area (Å²) >= 11 is 5.92. The molecule has 0 bridgehead atoms. The molecule has 4 nitrogen and oxygen atoms in total. The lowest BCUT2D eigenvalue weighted by Crippen LogP contribution is -2.11. The third-order valence-electron chi connectivity index (χ3n) is 2.48.